The van der Waals surface area contributed by atoms with Gasteiger partial charge in [-0.2, -0.15) is 0 Å². The van der Waals surface area contributed by atoms with E-state index in [1.807, 2.05) is 31.2 Å². The Kier molecular flexibility index (Phi) is 4.84. The number of rotatable bonds is 6. The maximum atomic E-state index is 12.6. The van der Waals surface area contributed by atoms with Gasteiger partial charge in [-0.1, -0.05) is 30.3 Å². The van der Waals surface area contributed by atoms with Crippen LogP contribution in [-0.4, -0.2) is 37.5 Å². The van der Waals surface area contributed by atoms with Crippen molar-refractivity contribution in [2.75, 3.05) is 30.2 Å². The fraction of sp³-hybridized carbons (Fsp3) is 0.250. The van der Waals surface area contributed by atoms with Crippen LogP contribution in [0, 0.1) is 0 Å². The number of oxime groups is 1. The number of hydrogen-bond acceptors (Lipinski definition) is 6. The number of nitrogens with one attached hydrogen (secondary N) is 1. The molecule has 0 saturated heterocycles. The normalized spacial score (nSPS) is 15.7. The van der Waals surface area contributed by atoms with Crippen LogP contribution in [0.1, 0.15) is 18.9 Å². The second kappa shape index (κ2) is 7.59. The molecule has 0 radical (unpaired) electrons. The molecule has 0 fully saturated rings. The van der Waals surface area contributed by atoms with Crippen molar-refractivity contribution in [2.45, 2.75) is 13.3 Å². The third-order valence-electron chi connectivity index (χ3n) is 4.35. The largest absolute Gasteiger partial charge is 0.454 e. The molecule has 0 aromatic heterocycles. The molecular formula is C20H19N3O5. The van der Waals surface area contributed by atoms with Gasteiger partial charge >= 0.3 is 0 Å². The van der Waals surface area contributed by atoms with Gasteiger partial charge in [-0.3, -0.25) is 9.59 Å². The number of carbonyl (C=O) groups excluding carboxylic acids is 2. The molecule has 0 atom stereocenters. The Labute approximate surface area is 161 Å². The van der Waals surface area contributed by atoms with Gasteiger partial charge in [0.05, 0.1) is 5.69 Å². The molecule has 4 rings (SSSR count). The van der Waals surface area contributed by atoms with E-state index in [0.717, 1.165) is 12.1 Å². The Morgan fingerprint density at radius 2 is 2.04 bits per heavy atom. The van der Waals surface area contributed by atoms with Crippen molar-refractivity contribution in [1.29, 1.82) is 0 Å². The predicted octanol–water partition coefficient (Wildman–Crippen LogP) is 2.53. The number of anilines is 2. The standard InChI is InChI=1S/C20H19N3O5/c1-2-9-23-15-6-4-3-5-14(15)19(20(23)25)22-28-11-18(24)21-13-7-8-16-17(10-13)27-12-26-16/h3-8,10H,2,9,11-12H2,1H3,(H,21,24)/b22-19+. The van der Waals surface area contributed by atoms with Crippen LogP contribution >= 0.6 is 0 Å². The fourth-order valence-electron chi connectivity index (χ4n) is 3.12. The van der Waals surface area contributed by atoms with Crippen LogP contribution in [0.2, 0.25) is 0 Å². The lowest BCUT2D eigenvalue weighted by Gasteiger charge is -2.14. The Morgan fingerprint density at radius 1 is 1.21 bits per heavy atom. The first-order valence-electron chi connectivity index (χ1n) is 8.98. The average Bonchev–Trinajstić information content (AvgIpc) is 3.26. The number of nitrogens with zero attached hydrogens (tertiary/aromatic N) is 2. The van der Waals surface area contributed by atoms with Crippen LogP contribution in [-0.2, 0) is 14.4 Å². The van der Waals surface area contributed by atoms with Gasteiger partial charge in [0.25, 0.3) is 11.8 Å². The summed E-state index contributed by atoms with van der Waals surface area (Å²) in [7, 11) is 0. The van der Waals surface area contributed by atoms with Gasteiger partial charge in [0, 0.05) is 23.9 Å². The molecule has 2 aromatic rings. The van der Waals surface area contributed by atoms with Crippen LogP contribution in [0.3, 0.4) is 0 Å². The quantitative estimate of drug-likeness (QED) is 0.777. The van der Waals surface area contributed by atoms with E-state index < -0.39 is 5.91 Å². The minimum Gasteiger partial charge on any atom is -0.454 e. The lowest BCUT2D eigenvalue weighted by atomic mass is 10.1. The zero-order valence-electron chi connectivity index (χ0n) is 15.3. The average molecular weight is 381 g/mol. The summed E-state index contributed by atoms with van der Waals surface area (Å²) in [6, 6.07) is 12.5. The van der Waals surface area contributed by atoms with Crippen molar-refractivity contribution < 1.29 is 23.9 Å². The molecule has 2 amide bonds. The van der Waals surface area contributed by atoms with E-state index in [1.165, 1.54) is 0 Å². The maximum absolute atomic E-state index is 12.6. The topological polar surface area (TPSA) is 89.5 Å². The molecule has 0 bridgehead atoms. The molecular weight excluding hydrogens is 362 g/mol. The maximum Gasteiger partial charge on any atom is 0.281 e. The molecule has 8 heteroatoms. The summed E-state index contributed by atoms with van der Waals surface area (Å²) in [6.07, 6.45) is 0.826. The first-order valence-corrected chi connectivity index (χ1v) is 8.98. The molecule has 2 aromatic carbocycles. The highest BCUT2D eigenvalue weighted by Crippen LogP contribution is 2.34. The smallest absolute Gasteiger partial charge is 0.281 e. The van der Waals surface area contributed by atoms with Gasteiger partial charge in [0.1, 0.15) is 0 Å². The molecule has 0 saturated carbocycles. The first-order chi connectivity index (χ1) is 13.7. The number of benzene rings is 2. The van der Waals surface area contributed by atoms with Gasteiger partial charge in [0.15, 0.2) is 23.8 Å². The van der Waals surface area contributed by atoms with Crippen LogP contribution in [0.25, 0.3) is 0 Å². The third-order valence-corrected chi connectivity index (χ3v) is 4.35. The van der Waals surface area contributed by atoms with Gasteiger partial charge in [-0.25, -0.2) is 0 Å². The van der Waals surface area contributed by atoms with E-state index in [4.69, 9.17) is 14.3 Å². The van der Waals surface area contributed by atoms with Crippen molar-refractivity contribution in [3.05, 3.63) is 48.0 Å². The van der Waals surface area contributed by atoms with Crippen LogP contribution < -0.4 is 19.7 Å². The lowest BCUT2D eigenvalue weighted by molar-refractivity contribution is -0.121. The Hall–Kier alpha value is -3.55. The van der Waals surface area contributed by atoms with Gasteiger partial charge in [-0.15, -0.1) is 0 Å². The number of amides is 2. The second-order valence-corrected chi connectivity index (χ2v) is 6.30. The number of fused-ring (bicyclic) bond motifs is 2. The summed E-state index contributed by atoms with van der Waals surface area (Å²) in [5.41, 5.74) is 2.28. The van der Waals surface area contributed by atoms with Gasteiger partial charge in [-0.05, 0) is 24.6 Å². The van der Waals surface area contributed by atoms with Crippen LogP contribution in [0.15, 0.2) is 47.6 Å². The molecule has 144 valence electrons. The Balaban J connectivity index is 1.40. The minimum absolute atomic E-state index is 0.165. The highest BCUT2D eigenvalue weighted by molar-refractivity contribution is 6.54. The predicted molar refractivity (Wildman–Crippen MR) is 103 cm³/mol. The second-order valence-electron chi connectivity index (χ2n) is 6.30. The summed E-state index contributed by atoms with van der Waals surface area (Å²) in [5.74, 6) is 0.588. The number of ether oxygens (including phenoxy) is 2. The number of hydrogen-bond donors (Lipinski definition) is 1. The molecule has 0 unspecified atom stereocenters. The van der Waals surface area contributed by atoms with E-state index in [9.17, 15) is 9.59 Å². The van der Waals surface area contributed by atoms with Gasteiger partial charge in [0.2, 0.25) is 6.79 Å². The molecule has 0 aliphatic carbocycles. The van der Waals surface area contributed by atoms with Crippen molar-refractivity contribution in [1.82, 2.24) is 0 Å². The van der Waals surface area contributed by atoms with Crippen molar-refractivity contribution in [2.24, 2.45) is 5.16 Å². The molecule has 2 heterocycles. The van der Waals surface area contributed by atoms with E-state index >= 15 is 0 Å². The molecule has 2 aliphatic heterocycles. The Morgan fingerprint density at radius 3 is 2.89 bits per heavy atom. The molecule has 8 nitrogen and oxygen atoms in total. The van der Waals surface area contributed by atoms with Crippen molar-refractivity contribution in [3.63, 3.8) is 0 Å². The van der Waals surface area contributed by atoms with Crippen LogP contribution in [0.5, 0.6) is 11.5 Å². The highest BCUT2D eigenvalue weighted by Gasteiger charge is 2.33. The lowest BCUT2D eigenvalue weighted by Crippen LogP contribution is -2.31. The van der Waals surface area contributed by atoms with E-state index in [-0.39, 0.29) is 25.0 Å². The zero-order valence-corrected chi connectivity index (χ0v) is 15.3. The number of carbonyl (C=O) groups is 2. The molecule has 1 N–H and O–H groups in total. The SMILES string of the molecule is CCCN1C(=O)/C(=N/OCC(=O)Nc2ccc3c(c2)OCO3)c2ccccc21. The van der Waals surface area contributed by atoms with E-state index in [2.05, 4.69) is 10.5 Å². The summed E-state index contributed by atoms with van der Waals surface area (Å²) >= 11 is 0. The summed E-state index contributed by atoms with van der Waals surface area (Å²) in [4.78, 5) is 31.6. The summed E-state index contributed by atoms with van der Waals surface area (Å²) < 4.78 is 10.5. The fourth-order valence-corrected chi connectivity index (χ4v) is 3.12. The minimum atomic E-state index is -0.396. The van der Waals surface area contributed by atoms with Crippen molar-refractivity contribution >= 4 is 28.9 Å². The molecule has 2 aliphatic rings. The Bertz CT molecular complexity index is 957. The molecule has 0 spiro atoms. The zero-order chi connectivity index (χ0) is 19.5. The van der Waals surface area contributed by atoms with Crippen LogP contribution in [0.4, 0.5) is 11.4 Å². The van der Waals surface area contributed by atoms with Crippen molar-refractivity contribution in [3.8, 4) is 11.5 Å². The summed E-state index contributed by atoms with van der Waals surface area (Å²) in [6.45, 7) is 2.44. The number of para-hydroxylation sites is 1. The first kappa shape index (κ1) is 17.8. The summed E-state index contributed by atoms with van der Waals surface area (Å²) in [5, 5.41) is 6.63. The van der Waals surface area contributed by atoms with E-state index in [1.54, 1.807) is 23.1 Å². The highest BCUT2D eigenvalue weighted by atomic mass is 16.7. The molecule has 28 heavy (non-hydrogen) atoms. The van der Waals surface area contributed by atoms with E-state index in [0.29, 0.717) is 29.3 Å². The van der Waals surface area contributed by atoms with Gasteiger partial charge < -0.3 is 24.5 Å². The monoisotopic (exact) mass is 381 g/mol. The third kappa shape index (κ3) is 3.36.